The van der Waals surface area contributed by atoms with Gasteiger partial charge in [-0.25, -0.2) is 0 Å². The molecule has 0 saturated carbocycles. The Balaban J connectivity index is 1.82. The SMILES string of the molecule is COc1ccc(Oc2nc3c(C)cccn3c(=O)c2/C=C(/C#N)C(=O)Nc2ccccc2Cl)cc1. The molecule has 2 aromatic carbocycles. The molecule has 9 heteroatoms. The Bertz CT molecular complexity index is 1550. The average Bonchev–Trinajstić information content (AvgIpc) is 2.86. The Kier molecular flexibility index (Phi) is 6.81. The Morgan fingerprint density at radius 3 is 2.51 bits per heavy atom. The molecule has 0 aliphatic heterocycles. The molecule has 8 nitrogen and oxygen atoms in total. The maximum absolute atomic E-state index is 13.4. The first-order valence-electron chi connectivity index (χ1n) is 10.4. The summed E-state index contributed by atoms with van der Waals surface area (Å²) < 4.78 is 12.4. The standard InChI is InChI=1S/C26H19ClN4O4/c1-16-6-5-13-31-23(16)30-25(35-19-11-9-18(34-2)10-12-19)20(26(31)33)14-17(15-28)24(32)29-22-8-4-3-7-21(22)27/h3-14H,1-2H3,(H,29,32)/b17-14-. The highest BCUT2D eigenvalue weighted by atomic mass is 35.5. The number of fused-ring (bicyclic) bond motifs is 1. The van der Waals surface area contributed by atoms with E-state index in [4.69, 9.17) is 21.1 Å². The Morgan fingerprint density at radius 1 is 1.11 bits per heavy atom. The number of hydrogen-bond donors (Lipinski definition) is 1. The fraction of sp³-hybridized carbons (Fsp3) is 0.0769. The number of benzene rings is 2. The van der Waals surface area contributed by atoms with Crippen molar-refractivity contribution in [1.29, 1.82) is 5.26 Å². The van der Waals surface area contributed by atoms with Crippen molar-refractivity contribution in [2.75, 3.05) is 12.4 Å². The molecule has 0 aliphatic rings. The lowest BCUT2D eigenvalue weighted by molar-refractivity contribution is -0.112. The normalized spacial score (nSPS) is 11.1. The number of nitrogens with zero attached hydrogens (tertiary/aromatic N) is 3. The highest BCUT2D eigenvalue weighted by molar-refractivity contribution is 6.34. The molecule has 4 aromatic rings. The lowest BCUT2D eigenvalue weighted by Crippen LogP contribution is -2.20. The van der Waals surface area contributed by atoms with Crippen LogP contribution in [-0.2, 0) is 4.79 Å². The van der Waals surface area contributed by atoms with Crippen molar-refractivity contribution in [3.63, 3.8) is 0 Å². The number of nitriles is 1. The van der Waals surface area contributed by atoms with Crippen LogP contribution in [0, 0.1) is 18.3 Å². The second kappa shape index (κ2) is 10.1. The van der Waals surface area contributed by atoms with Gasteiger partial charge in [0.05, 0.1) is 17.8 Å². The van der Waals surface area contributed by atoms with Crippen LogP contribution in [0.25, 0.3) is 11.7 Å². The number of para-hydroxylation sites is 1. The van der Waals surface area contributed by atoms with Crippen LogP contribution in [0.4, 0.5) is 5.69 Å². The number of nitrogens with one attached hydrogen (secondary N) is 1. The molecule has 4 rings (SSSR count). The number of amides is 1. The van der Waals surface area contributed by atoms with Crippen molar-refractivity contribution in [3.8, 4) is 23.4 Å². The van der Waals surface area contributed by atoms with E-state index in [9.17, 15) is 14.9 Å². The monoisotopic (exact) mass is 486 g/mol. The predicted molar refractivity (Wildman–Crippen MR) is 133 cm³/mol. The molecule has 0 aliphatic carbocycles. The molecule has 0 spiro atoms. The lowest BCUT2D eigenvalue weighted by Gasteiger charge is -2.12. The number of hydrogen-bond acceptors (Lipinski definition) is 6. The van der Waals surface area contributed by atoms with Gasteiger partial charge in [-0.3, -0.25) is 14.0 Å². The summed E-state index contributed by atoms with van der Waals surface area (Å²) in [4.78, 5) is 30.7. The first kappa shape index (κ1) is 23.5. The summed E-state index contributed by atoms with van der Waals surface area (Å²) in [7, 11) is 1.55. The van der Waals surface area contributed by atoms with Gasteiger partial charge >= 0.3 is 0 Å². The average molecular weight is 487 g/mol. The van der Waals surface area contributed by atoms with E-state index in [1.54, 1.807) is 67.9 Å². The van der Waals surface area contributed by atoms with Crippen molar-refractivity contribution < 1.29 is 14.3 Å². The predicted octanol–water partition coefficient (Wildman–Crippen LogP) is 5.00. The maximum atomic E-state index is 13.4. The van der Waals surface area contributed by atoms with Gasteiger partial charge in [0.2, 0.25) is 5.88 Å². The summed E-state index contributed by atoms with van der Waals surface area (Å²) in [5, 5.41) is 12.6. The van der Waals surface area contributed by atoms with Gasteiger partial charge < -0.3 is 14.8 Å². The molecular formula is C26H19ClN4O4. The number of anilines is 1. The van der Waals surface area contributed by atoms with E-state index in [1.807, 2.05) is 19.1 Å². The molecule has 174 valence electrons. The van der Waals surface area contributed by atoms with Crippen LogP contribution in [0.15, 0.2) is 77.2 Å². The number of rotatable bonds is 6. The third-order valence-corrected chi connectivity index (χ3v) is 5.43. The largest absolute Gasteiger partial charge is 0.497 e. The number of carbonyl (C=O) groups is 1. The highest BCUT2D eigenvalue weighted by Crippen LogP contribution is 2.27. The zero-order valence-corrected chi connectivity index (χ0v) is 19.5. The summed E-state index contributed by atoms with van der Waals surface area (Å²) in [6.45, 7) is 1.81. The minimum atomic E-state index is -0.732. The van der Waals surface area contributed by atoms with Crippen LogP contribution < -0.4 is 20.3 Å². The second-order valence-electron chi connectivity index (χ2n) is 7.40. The first-order valence-corrected chi connectivity index (χ1v) is 10.8. The molecule has 1 amide bonds. The van der Waals surface area contributed by atoms with E-state index >= 15 is 0 Å². The smallest absolute Gasteiger partial charge is 0.269 e. The zero-order valence-electron chi connectivity index (χ0n) is 18.8. The molecule has 0 fully saturated rings. The van der Waals surface area contributed by atoms with Crippen molar-refractivity contribution in [3.05, 3.63) is 98.9 Å². The molecule has 2 heterocycles. The van der Waals surface area contributed by atoms with Crippen LogP contribution >= 0.6 is 11.6 Å². The Labute approximate surface area is 205 Å². The minimum Gasteiger partial charge on any atom is -0.497 e. The van der Waals surface area contributed by atoms with E-state index in [0.29, 0.717) is 27.9 Å². The van der Waals surface area contributed by atoms with Crippen molar-refractivity contribution >= 4 is 34.9 Å². The first-order chi connectivity index (χ1) is 16.9. The molecule has 1 N–H and O–H groups in total. The van der Waals surface area contributed by atoms with E-state index in [-0.39, 0.29) is 17.0 Å². The molecule has 2 aromatic heterocycles. The number of halogens is 1. The number of aryl methyl sites for hydroxylation is 1. The topological polar surface area (TPSA) is 106 Å². The zero-order chi connectivity index (χ0) is 24.9. The van der Waals surface area contributed by atoms with Gasteiger partial charge in [0.15, 0.2) is 0 Å². The molecule has 0 radical (unpaired) electrons. The fourth-order valence-corrected chi connectivity index (χ4v) is 3.48. The molecule has 0 saturated heterocycles. The fourth-order valence-electron chi connectivity index (χ4n) is 3.29. The second-order valence-corrected chi connectivity index (χ2v) is 7.81. The summed E-state index contributed by atoms with van der Waals surface area (Å²) in [6.07, 6.45) is 2.72. The third-order valence-electron chi connectivity index (χ3n) is 5.10. The number of pyridine rings is 1. The number of carbonyl (C=O) groups excluding carboxylic acids is 1. The van der Waals surface area contributed by atoms with Crippen LogP contribution in [0.5, 0.6) is 17.4 Å². The van der Waals surface area contributed by atoms with Crippen LogP contribution in [0.2, 0.25) is 5.02 Å². The minimum absolute atomic E-state index is 0.0484. The van der Waals surface area contributed by atoms with Crippen LogP contribution in [0.3, 0.4) is 0 Å². The van der Waals surface area contributed by atoms with Gasteiger partial charge in [0, 0.05) is 6.20 Å². The maximum Gasteiger partial charge on any atom is 0.269 e. The van der Waals surface area contributed by atoms with Gasteiger partial charge in [0.25, 0.3) is 11.5 Å². The quantitative estimate of drug-likeness (QED) is 0.303. The van der Waals surface area contributed by atoms with E-state index in [1.165, 1.54) is 4.40 Å². The molecule has 0 atom stereocenters. The van der Waals surface area contributed by atoms with Crippen LogP contribution in [0.1, 0.15) is 11.1 Å². The van der Waals surface area contributed by atoms with Gasteiger partial charge in [-0.05, 0) is 61.0 Å². The van der Waals surface area contributed by atoms with E-state index < -0.39 is 11.5 Å². The van der Waals surface area contributed by atoms with E-state index in [0.717, 1.165) is 11.6 Å². The Hall–Kier alpha value is -4.61. The Morgan fingerprint density at radius 2 is 1.83 bits per heavy atom. The summed E-state index contributed by atoms with van der Waals surface area (Å²) in [5.74, 6) is 0.240. The number of ether oxygens (including phenoxy) is 2. The summed E-state index contributed by atoms with van der Waals surface area (Å²) >= 11 is 6.11. The van der Waals surface area contributed by atoms with Gasteiger partial charge in [-0.15, -0.1) is 0 Å². The summed E-state index contributed by atoms with van der Waals surface area (Å²) in [6, 6.07) is 18.7. The van der Waals surface area contributed by atoms with Gasteiger partial charge in [-0.2, -0.15) is 10.2 Å². The molecule has 0 bridgehead atoms. The van der Waals surface area contributed by atoms with Gasteiger partial charge in [0.1, 0.15) is 34.4 Å². The van der Waals surface area contributed by atoms with E-state index in [2.05, 4.69) is 10.3 Å². The number of methoxy groups -OCH3 is 1. The van der Waals surface area contributed by atoms with Crippen molar-refractivity contribution in [2.24, 2.45) is 0 Å². The highest BCUT2D eigenvalue weighted by Gasteiger charge is 2.18. The number of aromatic nitrogens is 2. The van der Waals surface area contributed by atoms with Crippen molar-refractivity contribution in [2.45, 2.75) is 6.92 Å². The summed E-state index contributed by atoms with van der Waals surface area (Å²) in [5.41, 5.74) is 0.583. The lowest BCUT2D eigenvalue weighted by atomic mass is 10.1. The van der Waals surface area contributed by atoms with Gasteiger partial charge in [-0.1, -0.05) is 29.8 Å². The molecule has 35 heavy (non-hydrogen) atoms. The van der Waals surface area contributed by atoms with Crippen LogP contribution in [-0.4, -0.2) is 22.4 Å². The third kappa shape index (κ3) is 5.00. The van der Waals surface area contributed by atoms with Crippen molar-refractivity contribution in [1.82, 2.24) is 9.38 Å². The molecule has 0 unspecified atom stereocenters. The molecular weight excluding hydrogens is 468 g/mol.